The van der Waals surface area contributed by atoms with Gasteiger partial charge in [0.05, 0.1) is 30.4 Å². The number of benzene rings is 2. The summed E-state index contributed by atoms with van der Waals surface area (Å²) >= 11 is 7.84. The van der Waals surface area contributed by atoms with Gasteiger partial charge in [-0.1, -0.05) is 48.0 Å². The molecule has 2 aromatic carbocycles. The van der Waals surface area contributed by atoms with E-state index < -0.39 is 0 Å². The Labute approximate surface area is 184 Å². The zero-order chi connectivity index (χ0) is 21.1. The van der Waals surface area contributed by atoms with E-state index in [1.54, 1.807) is 18.4 Å². The first kappa shape index (κ1) is 20.8. The average Bonchev–Trinajstić information content (AvgIpc) is 3.39. The molecule has 1 fully saturated rings. The molecule has 8 heteroatoms. The van der Waals surface area contributed by atoms with Gasteiger partial charge in [-0.15, -0.1) is 11.3 Å². The molecule has 0 aliphatic carbocycles. The number of carbonyl (C=O) groups excluding carboxylic acids is 1. The topological polar surface area (TPSA) is 75.3 Å². The van der Waals surface area contributed by atoms with Gasteiger partial charge in [-0.05, 0) is 25.5 Å². The lowest BCUT2D eigenvalue weighted by atomic mass is 10.0. The molecule has 4 rings (SSSR count). The summed E-state index contributed by atoms with van der Waals surface area (Å²) in [4.78, 5) is 18.4. The molecule has 156 valence electrons. The van der Waals surface area contributed by atoms with E-state index in [-0.39, 0.29) is 18.0 Å². The van der Waals surface area contributed by atoms with Crippen molar-refractivity contribution in [2.45, 2.75) is 32.0 Å². The standard InChI is InChI=1S/C22H23ClN4O2S/c1-13-20(30-22(25-13)14-7-3-5-9-16(14)23)12-24-21(28)18-11-17(26-27-18)15-8-4-6-10-19(15)29-2/h3-10,17-18,26-27H,11-12H2,1-2H3,(H,24,28). The number of halogens is 1. The summed E-state index contributed by atoms with van der Waals surface area (Å²) in [6.07, 6.45) is 0.638. The fourth-order valence-corrected chi connectivity index (χ4v) is 4.84. The minimum Gasteiger partial charge on any atom is -0.496 e. The Morgan fingerprint density at radius 2 is 2.00 bits per heavy atom. The Morgan fingerprint density at radius 1 is 1.23 bits per heavy atom. The number of hydrazine groups is 1. The third kappa shape index (κ3) is 4.34. The summed E-state index contributed by atoms with van der Waals surface area (Å²) in [5.41, 5.74) is 9.15. The van der Waals surface area contributed by atoms with E-state index in [0.29, 0.717) is 18.0 Å². The molecule has 1 aliphatic heterocycles. The number of thiazole rings is 1. The maximum absolute atomic E-state index is 12.7. The van der Waals surface area contributed by atoms with Crippen molar-refractivity contribution in [2.75, 3.05) is 7.11 Å². The highest BCUT2D eigenvalue weighted by Gasteiger charge is 2.31. The molecule has 0 bridgehead atoms. The molecule has 1 aliphatic rings. The van der Waals surface area contributed by atoms with E-state index in [2.05, 4.69) is 21.2 Å². The molecule has 2 heterocycles. The summed E-state index contributed by atoms with van der Waals surface area (Å²) in [6.45, 7) is 2.38. The summed E-state index contributed by atoms with van der Waals surface area (Å²) in [5, 5.41) is 4.56. The normalized spacial score (nSPS) is 18.4. The van der Waals surface area contributed by atoms with Crippen molar-refractivity contribution in [3.63, 3.8) is 0 Å². The van der Waals surface area contributed by atoms with E-state index in [9.17, 15) is 4.79 Å². The molecular formula is C22H23ClN4O2S. The van der Waals surface area contributed by atoms with Gasteiger partial charge < -0.3 is 10.1 Å². The molecule has 1 aromatic heterocycles. The molecule has 6 nitrogen and oxygen atoms in total. The number of hydrogen-bond donors (Lipinski definition) is 3. The highest BCUT2D eigenvalue weighted by Crippen LogP contribution is 2.33. The molecule has 0 spiro atoms. The van der Waals surface area contributed by atoms with E-state index in [1.165, 1.54) is 0 Å². The average molecular weight is 443 g/mol. The van der Waals surface area contributed by atoms with Crippen LogP contribution in [0.1, 0.15) is 28.6 Å². The maximum atomic E-state index is 12.7. The van der Waals surface area contributed by atoms with Crippen LogP contribution in [-0.4, -0.2) is 24.0 Å². The Hall–Kier alpha value is -2.45. The molecule has 0 saturated carbocycles. The predicted molar refractivity (Wildman–Crippen MR) is 120 cm³/mol. The van der Waals surface area contributed by atoms with Crippen molar-refractivity contribution in [1.29, 1.82) is 0 Å². The van der Waals surface area contributed by atoms with Crippen molar-refractivity contribution in [2.24, 2.45) is 0 Å². The smallest absolute Gasteiger partial charge is 0.238 e. The summed E-state index contributed by atoms with van der Waals surface area (Å²) in [5.74, 6) is 0.761. The van der Waals surface area contributed by atoms with Gasteiger partial charge in [0.1, 0.15) is 16.8 Å². The van der Waals surface area contributed by atoms with Gasteiger partial charge in [-0.3, -0.25) is 4.79 Å². The quantitative estimate of drug-likeness (QED) is 0.538. The second-order valence-electron chi connectivity index (χ2n) is 7.10. The zero-order valence-electron chi connectivity index (χ0n) is 16.7. The Bertz CT molecular complexity index is 1060. The first-order valence-electron chi connectivity index (χ1n) is 9.69. The lowest BCUT2D eigenvalue weighted by Gasteiger charge is -2.14. The number of hydrogen-bond acceptors (Lipinski definition) is 6. The molecule has 1 amide bonds. The van der Waals surface area contributed by atoms with E-state index in [1.807, 2.05) is 55.5 Å². The number of carbonyl (C=O) groups is 1. The Kier molecular flexibility index (Phi) is 6.34. The largest absolute Gasteiger partial charge is 0.496 e. The molecule has 1 saturated heterocycles. The lowest BCUT2D eigenvalue weighted by Crippen LogP contribution is -2.42. The minimum absolute atomic E-state index is 0.00821. The van der Waals surface area contributed by atoms with E-state index in [0.717, 1.165) is 32.5 Å². The van der Waals surface area contributed by atoms with E-state index >= 15 is 0 Å². The van der Waals surface area contributed by atoms with Crippen molar-refractivity contribution < 1.29 is 9.53 Å². The molecule has 30 heavy (non-hydrogen) atoms. The summed E-state index contributed by atoms with van der Waals surface area (Å²) in [7, 11) is 1.65. The fourth-order valence-electron chi connectivity index (χ4n) is 3.52. The van der Waals surface area contributed by atoms with Gasteiger partial charge >= 0.3 is 0 Å². The third-order valence-electron chi connectivity index (χ3n) is 5.15. The van der Waals surface area contributed by atoms with Crippen LogP contribution < -0.4 is 20.9 Å². The van der Waals surface area contributed by atoms with Crippen LogP contribution in [0, 0.1) is 6.92 Å². The van der Waals surface area contributed by atoms with Crippen molar-refractivity contribution in [3.05, 3.63) is 69.7 Å². The third-order valence-corrected chi connectivity index (χ3v) is 6.67. The second kappa shape index (κ2) is 9.14. The number of aryl methyl sites for hydroxylation is 1. The first-order valence-corrected chi connectivity index (χ1v) is 10.9. The number of para-hydroxylation sites is 1. The van der Waals surface area contributed by atoms with Crippen LogP contribution in [0.4, 0.5) is 0 Å². The van der Waals surface area contributed by atoms with Crippen molar-refractivity contribution in [3.8, 4) is 16.3 Å². The molecule has 3 aromatic rings. The van der Waals surface area contributed by atoms with Crippen molar-refractivity contribution >= 4 is 28.8 Å². The minimum atomic E-state index is -0.323. The monoisotopic (exact) mass is 442 g/mol. The highest BCUT2D eigenvalue weighted by molar-refractivity contribution is 7.15. The first-order chi connectivity index (χ1) is 14.6. The summed E-state index contributed by atoms with van der Waals surface area (Å²) in [6, 6.07) is 15.2. The van der Waals surface area contributed by atoms with Crippen LogP contribution in [0.25, 0.3) is 10.6 Å². The lowest BCUT2D eigenvalue weighted by molar-refractivity contribution is -0.123. The van der Waals surface area contributed by atoms with Crippen LogP contribution >= 0.6 is 22.9 Å². The highest BCUT2D eigenvalue weighted by atomic mass is 35.5. The number of aromatic nitrogens is 1. The molecule has 2 atom stereocenters. The molecule has 3 N–H and O–H groups in total. The van der Waals surface area contributed by atoms with Gasteiger partial charge in [-0.2, -0.15) is 0 Å². The fraction of sp³-hybridized carbons (Fsp3) is 0.273. The zero-order valence-corrected chi connectivity index (χ0v) is 18.3. The second-order valence-corrected chi connectivity index (χ2v) is 8.59. The predicted octanol–water partition coefficient (Wildman–Crippen LogP) is 4.00. The molecule has 0 radical (unpaired) electrons. The van der Waals surface area contributed by atoms with Gasteiger partial charge in [0.25, 0.3) is 0 Å². The molecule has 2 unspecified atom stereocenters. The molecular weight excluding hydrogens is 420 g/mol. The van der Waals surface area contributed by atoms with Gasteiger partial charge in [0.2, 0.25) is 5.91 Å². The number of amides is 1. The number of nitrogens with zero attached hydrogens (tertiary/aromatic N) is 1. The van der Waals surface area contributed by atoms with Crippen LogP contribution in [0.15, 0.2) is 48.5 Å². The number of ether oxygens (including phenoxy) is 1. The van der Waals surface area contributed by atoms with Crippen LogP contribution in [0.5, 0.6) is 5.75 Å². The van der Waals surface area contributed by atoms with Gasteiger partial charge in [-0.25, -0.2) is 15.8 Å². The number of rotatable bonds is 6. The van der Waals surface area contributed by atoms with Crippen LogP contribution in [0.3, 0.4) is 0 Å². The van der Waals surface area contributed by atoms with Crippen LogP contribution in [0.2, 0.25) is 5.02 Å². The number of methoxy groups -OCH3 is 1. The van der Waals surface area contributed by atoms with Gasteiger partial charge in [0, 0.05) is 16.0 Å². The van der Waals surface area contributed by atoms with Crippen molar-refractivity contribution in [1.82, 2.24) is 21.2 Å². The number of nitrogens with one attached hydrogen (secondary N) is 3. The summed E-state index contributed by atoms with van der Waals surface area (Å²) < 4.78 is 5.44. The Balaban J connectivity index is 1.38. The maximum Gasteiger partial charge on any atom is 0.238 e. The van der Waals surface area contributed by atoms with Gasteiger partial charge in [0.15, 0.2) is 0 Å². The SMILES string of the molecule is COc1ccccc1C1CC(C(=O)NCc2sc(-c3ccccc3Cl)nc2C)NN1. The van der Waals surface area contributed by atoms with Crippen LogP contribution in [-0.2, 0) is 11.3 Å². The Morgan fingerprint density at radius 3 is 2.80 bits per heavy atom. The van der Waals surface area contributed by atoms with E-state index in [4.69, 9.17) is 16.3 Å².